The highest BCUT2D eigenvalue weighted by Gasteiger charge is 2.14. The third-order valence-electron chi connectivity index (χ3n) is 3.59. The maximum absolute atomic E-state index is 5.56. The first-order chi connectivity index (χ1) is 9.26. The maximum atomic E-state index is 5.56. The van der Waals surface area contributed by atoms with Gasteiger partial charge in [0.1, 0.15) is 0 Å². The molecule has 0 bridgehead atoms. The summed E-state index contributed by atoms with van der Waals surface area (Å²) in [6, 6.07) is 6.92. The zero-order valence-corrected chi connectivity index (χ0v) is 11.2. The molecule has 1 aliphatic rings. The summed E-state index contributed by atoms with van der Waals surface area (Å²) in [7, 11) is 1.86. The molecule has 3 rings (SSSR count). The fourth-order valence-corrected chi connectivity index (χ4v) is 2.36. The number of nitrogens with zero attached hydrogens (tertiary/aromatic N) is 2. The number of hydrogen-bond acceptors (Lipinski definition) is 5. The van der Waals surface area contributed by atoms with Gasteiger partial charge in [-0.3, -0.25) is 0 Å². The summed E-state index contributed by atoms with van der Waals surface area (Å²) < 4.78 is 5.56. The molecule has 1 aromatic heterocycles. The summed E-state index contributed by atoms with van der Waals surface area (Å²) in [4.78, 5) is 0. The molecule has 0 aliphatic heterocycles. The van der Waals surface area contributed by atoms with E-state index in [2.05, 4.69) is 39.0 Å². The molecule has 5 heteroatoms. The van der Waals surface area contributed by atoms with E-state index in [1.807, 2.05) is 14.0 Å². The van der Waals surface area contributed by atoms with Crippen LogP contribution in [0.25, 0.3) is 0 Å². The van der Waals surface area contributed by atoms with Gasteiger partial charge in [0.05, 0.1) is 6.04 Å². The Morgan fingerprint density at radius 1 is 1.21 bits per heavy atom. The van der Waals surface area contributed by atoms with Gasteiger partial charge in [-0.1, -0.05) is 11.2 Å². The molecule has 0 fully saturated rings. The Hall–Kier alpha value is -1.88. The number of anilines is 2. The zero-order valence-electron chi connectivity index (χ0n) is 11.2. The lowest BCUT2D eigenvalue weighted by atomic mass is 10.1. The Morgan fingerprint density at radius 3 is 2.89 bits per heavy atom. The van der Waals surface area contributed by atoms with E-state index in [0.29, 0.717) is 11.9 Å². The number of hydrogen-bond donors (Lipinski definition) is 2. The third-order valence-corrected chi connectivity index (χ3v) is 3.59. The second-order valence-electron chi connectivity index (χ2n) is 4.92. The number of rotatable bonds is 4. The summed E-state index contributed by atoms with van der Waals surface area (Å²) in [5, 5.41) is 14.3. The number of fused-ring (bicyclic) bond motifs is 1. The number of aromatic nitrogens is 2. The van der Waals surface area contributed by atoms with E-state index >= 15 is 0 Å². The van der Waals surface area contributed by atoms with Crippen LogP contribution in [0.4, 0.5) is 11.7 Å². The first kappa shape index (κ1) is 12.2. The smallest absolute Gasteiger partial charge is 0.320 e. The number of nitrogens with one attached hydrogen (secondary N) is 2. The van der Waals surface area contributed by atoms with Crippen LogP contribution >= 0.6 is 0 Å². The zero-order chi connectivity index (χ0) is 13.2. The Balaban J connectivity index is 1.76. The summed E-state index contributed by atoms with van der Waals surface area (Å²) in [6.45, 7) is 1.98. The summed E-state index contributed by atoms with van der Waals surface area (Å²) in [6.07, 6.45) is 3.61. The molecule has 1 aliphatic carbocycles. The number of benzene rings is 1. The molecular weight excluding hydrogens is 240 g/mol. The molecular formula is C14H18N4O. The van der Waals surface area contributed by atoms with E-state index in [9.17, 15) is 0 Å². The number of aryl methyl sites for hydroxylation is 2. The minimum absolute atomic E-state index is 0.0584. The van der Waals surface area contributed by atoms with Gasteiger partial charge in [-0.25, -0.2) is 0 Å². The lowest BCUT2D eigenvalue weighted by molar-refractivity contribution is 0.443. The van der Waals surface area contributed by atoms with Gasteiger partial charge in [0.25, 0.3) is 0 Å². The van der Waals surface area contributed by atoms with Crippen LogP contribution in [0.2, 0.25) is 0 Å². The van der Waals surface area contributed by atoms with Gasteiger partial charge in [0, 0.05) is 5.69 Å². The minimum atomic E-state index is 0.0584. The van der Waals surface area contributed by atoms with Gasteiger partial charge in [-0.2, -0.15) is 0 Å². The SMILES string of the molecule is CNC(C)c1nnc(Nc2ccc3c(c2)CCC3)o1. The maximum Gasteiger partial charge on any atom is 0.320 e. The van der Waals surface area contributed by atoms with E-state index < -0.39 is 0 Å². The highest BCUT2D eigenvalue weighted by Crippen LogP contribution is 2.26. The average Bonchev–Trinajstić information content (AvgIpc) is 3.06. The van der Waals surface area contributed by atoms with Crippen molar-refractivity contribution in [1.29, 1.82) is 0 Å². The van der Waals surface area contributed by atoms with Gasteiger partial charge < -0.3 is 15.1 Å². The Bertz CT molecular complexity index is 579. The largest absolute Gasteiger partial charge is 0.406 e. The van der Waals surface area contributed by atoms with Crippen LogP contribution in [0, 0.1) is 0 Å². The molecule has 100 valence electrons. The van der Waals surface area contributed by atoms with Gasteiger partial charge in [0.15, 0.2) is 0 Å². The van der Waals surface area contributed by atoms with Gasteiger partial charge >= 0.3 is 6.01 Å². The molecule has 5 nitrogen and oxygen atoms in total. The monoisotopic (exact) mass is 258 g/mol. The van der Waals surface area contributed by atoms with Crippen LogP contribution in [-0.4, -0.2) is 17.2 Å². The lowest BCUT2D eigenvalue weighted by Gasteiger charge is -2.05. The van der Waals surface area contributed by atoms with E-state index in [0.717, 1.165) is 12.1 Å². The first-order valence-corrected chi connectivity index (χ1v) is 6.66. The van der Waals surface area contributed by atoms with E-state index in [-0.39, 0.29) is 6.04 Å². The molecule has 1 atom stereocenters. The van der Waals surface area contributed by atoms with Gasteiger partial charge in [-0.05, 0) is 56.5 Å². The molecule has 0 amide bonds. The average molecular weight is 258 g/mol. The quantitative estimate of drug-likeness (QED) is 0.882. The molecule has 19 heavy (non-hydrogen) atoms. The Morgan fingerprint density at radius 2 is 2.05 bits per heavy atom. The third kappa shape index (κ3) is 2.46. The highest BCUT2D eigenvalue weighted by molar-refractivity contribution is 5.55. The van der Waals surface area contributed by atoms with Crippen molar-refractivity contribution in [3.8, 4) is 0 Å². The van der Waals surface area contributed by atoms with Gasteiger partial charge in [0.2, 0.25) is 5.89 Å². The van der Waals surface area contributed by atoms with Crippen molar-refractivity contribution in [1.82, 2.24) is 15.5 Å². The van der Waals surface area contributed by atoms with Crippen molar-refractivity contribution in [2.24, 2.45) is 0 Å². The van der Waals surface area contributed by atoms with Crippen molar-refractivity contribution < 1.29 is 4.42 Å². The van der Waals surface area contributed by atoms with Gasteiger partial charge in [-0.15, -0.1) is 5.10 Å². The Labute approximate surface area is 112 Å². The van der Waals surface area contributed by atoms with Crippen LogP contribution in [0.5, 0.6) is 0 Å². The molecule has 0 radical (unpaired) electrons. The van der Waals surface area contributed by atoms with Crippen LogP contribution in [0.3, 0.4) is 0 Å². The Kier molecular flexibility index (Phi) is 3.21. The van der Waals surface area contributed by atoms with Crippen LogP contribution in [0.1, 0.15) is 36.4 Å². The van der Waals surface area contributed by atoms with E-state index in [4.69, 9.17) is 4.42 Å². The molecule has 0 saturated heterocycles. The summed E-state index contributed by atoms with van der Waals surface area (Å²) in [5.41, 5.74) is 3.89. The fourth-order valence-electron chi connectivity index (χ4n) is 2.36. The molecule has 1 aromatic carbocycles. The fraction of sp³-hybridized carbons (Fsp3) is 0.429. The lowest BCUT2D eigenvalue weighted by Crippen LogP contribution is -2.12. The van der Waals surface area contributed by atoms with Crippen LogP contribution < -0.4 is 10.6 Å². The van der Waals surface area contributed by atoms with Crippen molar-refractivity contribution in [3.63, 3.8) is 0 Å². The topological polar surface area (TPSA) is 63.0 Å². The predicted octanol–water partition coefficient (Wildman–Crippen LogP) is 2.58. The van der Waals surface area contributed by atoms with Crippen molar-refractivity contribution in [3.05, 3.63) is 35.2 Å². The molecule has 1 heterocycles. The molecule has 2 aromatic rings. The molecule has 0 saturated carbocycles. The minimum Gasteiger partial charge on any atom is -0.406 e. The highest BCUT2D eigenvalue weighted by atomic mass is 16.4. The predicted molar refractivity (Wildman–Crippen MR) is 73.5 cm³/mol. The normalized spacial score (nSPS) is 15.3. The molecule has 0 spiro atoms. The van der Waals surface area contributed by atoms with Crippen molar-refractivity contribution >= 4 is 11.7 Å². The standard InChI is InChI=1S/C14H18N4O/c1-9(15-2)13-17-18-14(19-13)16-12-7-6-10-4-3-5-11(10)8-12/h6-9,15H,3-5H2,1-2H3,(H,16,18). The second-order valence-corrected chi connectivity index (χ2v) is 4.92. The first-order valence-electron chi connectivity index (χ1n) is 6.66. The van der Waals surface area contributed by atoms with Crippen molar-refractivity contribution in [2.75, 3.05) is 12.4 Å². The van der Waals surface area contributed by atoms with Crippen LogP contribution in [-0.2, 0) is 12.8 Å². The van der Waals surface area contributed by atoms with E-state index in [1.165, 1.54) is 24.0 Å². The second kappa shape index (κ2) is 5.01. The van der Waals surface area contributed by atoms with Crippen molar-refractivity contribution in [2.45, 2.75) is 32.2 Å². The molecule has 2 N–H and O–H groups in total. The summed E-state index contributed by atoms with van der Waals surface area (Å²) in [5.74, 6) is 0.589. The summed E-state index contributed by atoms with van der Waals surface area (Å²) >= 11 is 0. The van der Waals surface area contributed by atoms with Crippen LogP contribution in [0.15, 0.2) is 22.6 Å². The molecule has 1 unspecified atom stereocenters. The van der Waals surface area contributed by atoms with E-state index in [1.54, 1.807) is 0 Å².